The number of nitrogens with zero attached hydrogens (tertiary/aromatic N) is 2. The molecule has 0 spiro atoms. The first-order valence-corrected chi connectivity index (χ1v) is 8.83. The fraction of sp³-hybridized carbons (Fsp3) is 0.333. The van der Waals surface area contributed by atoms with Crippen molar-refractivity contribution in [3.8, 4) is 0 Å². The Balaban J connectivity index is 1.73. The van der Waals surface area contributed by atoms with Gasteiger partial charge >= 0.3 is 0 Å². The number of hydrogen-bond acceptors (Lipinski definition) is 2. The van der Waals surface area contributed by atoms with Gasteiger partial charge in [-0.25, -0.2) is 4.98 Å². The molecule has 0 unspecified atom stereocenters. The zero-order valence-corrected chi connectivity index (χ0v) is 15.0. The number of nitrogens with one attached hydrogen (secondary N) is 1. The van der Waals surface area contributed by atoms with Crippen LogP contribution in [0.4, 0.5) is 0 Å². The van der Waals surface area contributed by atoms with E-state index in [0.717, 1.165) is 35.6 Å². The van der Waals surface area contributed by atoms with Crippen LogP contribution < -0.4 is 5.32 Å². The summed E-state index contributed by atoms with van der Waals surface area (Å²) in [5.74, 6) is -0.119. The number of halogens is 2. The van der Waals surface area contributed by atoms with Crippen molar-refractivity contribution < 1.29 is 4.79 Å². The maximum absolute atomic E-state index is 12.6. The van der Waals surface area contributed by atoms with Crippen molar-refractivity contribution in [2.24, 2.45) is 0 Å². The fourth-order valence-electron chi connectivity index (χ4n) is 2.84. The van der Waals surface area contributed by atoms with Gasteiger partial charge < -0.3 is 5.32 Å². The molecule has 1 N–H and O–H groups in total. The second kappa shape index (κ2) is 7.41. The van der Waals surface area contributed by atoms with Gasteiger partial charge in [0.2, 0.25) is 0 Å². The number of amides is 1. The molecule has 0 radical (unpaired) electrons. The zero-order chi connectivity index (χ0) is 17.1. The van der Waals surface area contributed by atoms with Gasteiger partial charge in [-0.05, 0) is 43.9 Å². The normalized spacial score (nSPS) is 14.5. The van der Waals surface area contributed by atoms with Crippen LogP contribution in [0.1, 0.15) is 42.4 Å². The van der Waals surface area contributed by atoms with Gasteiger partial charge in [0, 0.05) is 17.8 Å². The van der Waals surface area contributed by atoms with E-state index >= 15 is 0 Å². The summed E-state index contributed by atoms with van der Waals surface area (Å²) in [6.07, 6.45) is 9.06. The molecule has 0 aromatic carbocycles. The Morgan fingerprint density at radius 1 is 1.29 bits per heavy atom. The first-order valence-electron chi connectivity index (χ1n) is 8.07. The van der Waals surface area contributed by atoms with E-state index in [2.05, 4.69) is 10.3 Å². The van der Waals surface area contributed by atoms with Crippen LogP contribution >= 0.6 is 23.2 Å². The highest BCUT2D eigenvalue weighted by atomic mass is 35.5. The van der Waals surface area contributed by atoms with Gasteiger partial charge in [0.1, 0.15) is 11.3 Å². The van der Waals surface area contributed by atoms with Gasteiger partial charge in [0.25, 0.3) is 5.91 Å². The van der Waals surface area contributed by atoms with E-state index in [-0.39, 0.29) is 5.91 Å². The van der Waals surface area contributed by atoms with Crippen LogP contribution in [0.2, 0.25) is 5.02 Å². The number of aromatic nitrogens is 2. The average Bonchev–Trinajstić information content (AvgIpc) is 2.94. The van der Waals surface area contributed by atoms with E-state index in [0.29, 0.717) is 23.7 Å². The molecule has 2 aromatic rings. The first-order chi connectivity index (χ1) is 11.6. The Hall–Kier alpha value is -1.78. The Morgan fingerprint density at radius 2 is 2.12 bits per heavy atom. The SMILES string of the molecule is CCc1nc2ccc(Cl)cn2c1C(=O)NCCC1=CC=C(Cl)CC1. The third kappa shape index (κ3) is 3.65. The lowest BCUT2D eigenvalue weighted by molar-refractivity contribution is 0.0947. The Morgan fingerprint density at radius 3 is 2.83 bits per heavy atom. The molecule has 0 aliphatic heterocycles. The lowest BCUT2D eigenvalue weighted by atomic mass is 10.0. The number of carbonyl (C=O) groups excluding carboxylic acids is 1. The molecule has 1 amide bonds. The number of imidazole rings is 1. The van der Waals surface area contributed by atoms with E-state index < -0.39 is 0 Å². The molecular weight excluding hydrogens is 345 g/mol. The molecule has 0 saturated carbocycles. The molecule has 4 nitrogen and oxygen atoms in total. The van der Waals surface area contributed by atoms with Crippen LogP contribution in [0.25, 0.3) is 5.65 Å². The van der Waals surface area contributed by atoms with Gasteiger partial charge in [-0.3, -0.25) is 9.20 Å². The predicted octanol–water partition coefficient (Wildman–Crippen LogP) is 4.51. The summed E-state index contributed by atoms with van der Waals surface area (Å²) >= 11 is 12.0. The minimum Gasteiger partial charge on any atom is -0.350 e. The minimum atomic E-state index is -0.119. The van der Waals surface area contributed by atoms with Gasteiger partial charge in [-0.2, -0.15) is 0 Å². The number of hydrogen-bond donors (Lipinski definition) is 1. The second-order valence-corrected chi connectivity index (χ2v) is 6.70. The number of pyridine rings is 1. The highest BCUT2D eigenvalue weighted by Gasteiger charge is 2.18. The molecule has 0 fully saturated rings. The summed E-state index contributed by atoms with van der Waals surface area (Å²) in [5.41, 5.74) is 3.38. The molecule has 3 rings (SSSR count). The summed E-state index contributed by atoms with van der Waals surface area (Å²) in [6.45, 7) is 2.58. The van der Waals surface area contributed by atoms with Gasteiger partial charge in [-0.15, -0.1) is 0 Å². The molecule has 0 saturated heterocycles. The fourth-order valence-corrected chi connectivity index (χ4v) is 3.16. The lowest BCUT2D eigenvalue weighted by Crippen LogP contribution is -2.27. The summed E-state index contributed by atoms with van der Waals surface area (Å²) < 4.78 is 1.76. The van der Waals surface area contributed by atoms with E-state index in [9.17, 15) is 4.79 Å². The number of aryl methyl sites for hydroxylation is 1. The number of allylic oxidation sites excluding steroid dienone is 3. The standard InChI is InChI=1S/C18H19Cl2N3O/c1-2-15-17(23-11-14(20)7-8-16(23)22-15)18(24)21-10-9-12-3-5-13(19)6-4-12/h3,5,7-8,11H,2,4,6,9-10H2,1H3,(H,21,24). The molecular formula is C18H19Cl2N3O. The van der Waals surface area contributed by atoms with Crippen molar-refractivity contribution in [3.63, 3.8) is 0 Å². The summed E-state index contributed by atoms with van der Waals surface area (Å²) in [4.78, 5) is 17.1. The number of fused-ring (bicyclic) bond motifs is 1. The smallest absolute Gasteiger partial charge is 0.270 e. The third-order valence-electron chi connectivity index (χ3n) is 4.12. The van der Waals surface area contributed by atoms with E-state index in [4.69, 9.17) is 23.2 Å². The van der Waals surface area contributed by atoms with Crippen molar-refractivity contribution in [1.29, 1.82) is 0 Å². The first kappa shape index (κ1) is 17.1. The lowest BCUT2D eigenvalue weighted by Gasteiger charge is -2.12. The molecule has 2 heterocycles. The van der Waals surface area contributed by atoms with E-state index in [1.807, 2.05) is 25.1 Å². The number of carbonyl (C=O) groups is 1. The van der Waals surface area contributed by atoms with Crippen molar-refractivity contribution in [1.82, 2.24) is 14.7 Å². The maximum Gasteiger partial charge on any atom is 0.270 e. The quantitative estimate of drug-likeness (QED) is 0.848. The van der Waals surface area contributed by atoms with Crippen LogP contribution in [-0.4, -0.2) is 21.8 Å². The van der Waals surface area contributed by atoms with E-state index in [1.165, 1.54) is 5.57 Å². The van der Waals surface area contributed by atoms with E-state index in [1.54, 1.807) is 16.7 Å². The molecule has 6 heteroatoms. The molecule has 0 bridgehead atoms. The monoisotopic (exact) mass is 363 g/mol. The highest BCUT2D eigenvalue weighted by molar-refractivity contribution is 6.30. The van der Waals surface area contributed by atoms with Crippen LogP contribution in [-0.2, 0) is 6.42 Å². The van der Waals surface area contributed by atoms with Crippen molar-refractivity contribution in [3.05, 3.63) is 57.5 Å². The molecule has 0 atom stereocenters. The van der Waals surface area contributed by atoms with Gasteiger partial charge in [-0.1, -0.05) is 41.8 Å². The van der Waals surface area contributed by atoms with Crippen molar-refractivity contribution in [2.75, 3.05) is 6.54 Å². The zero-order valence-electron chi connectivity index (χ0n) is 13.5. The highest BCUT2D eigenvalue weighted by Crippen LogP contribution is 2.22. The number of rotatable bonds is 5. The van der Waals surface area contributed by atoms with Crippen molar-refractivity contribution in [2.45, 2.75) is 32.6 Å². The molecule has 2 aromatic heterocycles. The van der Waals surface area contributed by atoms with Crippen LogP contribution in [0.3, 0.4) is 0 Å². The largest absolute Gasteiger partial charge is 0.350 e. The molecule has 1 aliphatic rings. The Labute approximate surface area is 151 Å². The summed E-state index contributed by atoms with van der Waals surface area (Å²) in [6, 6.07) is 3.60. The van der Waals surface area contributed by atoms with Crippen molar-refractivity contribution >= 4 is 34.8 Å². The Kier molecular flexibility index (Phi) is 5.27. The van der Waals surface area contributed by atoms with Crippen LogP contribution in [0.15, 0.2) is 41.1 Å². The molecule has 24 heavy (non-hydrogen) atoms. The average molecular weight is 364 g/mol. The second-order valence-electron chi connectivity index (χ2n) is 5.78. The van der Waals surface area contributed by atoms with Gasteiger partial charge in [0.15, 0.2) is 0 Å². The maximum atomic E-state index is 12.6. The summed E-state index contributed by atoms with van der Waals surface area (Å²) in [7, 11) is 0. The van der Waals surface area contributed by atoms with Crippen LogP contribution in [0.5, 0.6) is 0 Å². The summed E-state index contributed by atoms with van der Waals surface area (Å²) in [5, 5.41) is 4.46. The topological polar surface area (TPSA) is 46.4 Å². The predicted molar refractivity (Wildman–Crippen MR) is 97.8 cm³/mol. The minimum absolute atomic E-state index is 0.119. The van der Waals surface area contributed by atoms with Crippen LogP contribution in [0, 0.1) is 0 Å². The molecule has 126 valence electrons. The molecule has 1 aliphatic carbocycles. The third-order valence-corrected chi connectivity index (χ3v) is 4.66. The van der Waals surface area contributed by atoms with Gasteiger partial charge in [0.05, 0.1) is 10.7 Å². The Bertz CT molecular complexity index is 836.